The molecule has 0 spiro atoms. The third-order valence-corrected chi connectivity index (χ3v) is 2.60. The van der Waals surface area contributed by atoms with Crippen molar-refractivity contribution >= 4 is 22.2 Å². The quantitative estimate of drug-likeness (QED) is 0.642. The number of carbonyl (C=O) groups is 2. The van der Waals surface area contributed by atoms with Crippen molar-refractivity contribution in [2.45, 2.75) is 6.04 Å². The average molecular weight is 268 g/mol. The number of hydrogen-bond acceptors (Lipinski definition) is 6. The maximum atomic E-state index is 10.9. The number of nitrogens with zero attached hydrogens (tertiary/aromatic N) is 2. The van der Waals surface area contributed by atoms with Crippen LogP contribution >= 0.6 is 0 Å². The van der Waals surface area contributed by atoms with Gasteiger partial charge >= 0.3 is 12.1 Å². The van der Waals surface area contributed by atoms with E-state index in [-0.39, 0.29) is 19.6 Å². The van der Waals surface area contributed by atoms with Gasteiger partial charge in [0.05, 0.1) is 12.8 Å². The fourth-order valence-corrected chi connectivity index (χ4v) is 1.98. The zero-order chi connectivity index (χ0) is 13.2. The standard InChI is InChI=1S/C7H12N2O7S/c1-17(14,15)16-8-2-3-9(7(12)13)5(4-8)6(10)11/h5H,2-4H2,1H3,(H,10,11)(H,12,13). The van der Waals surface area contributed by atoms with Gasteiger partial charge in [-0.1, -0.05) is 0 Å². The van der Waals surface area contributed by atoms with Crippen LogP contribution in [-0.2, 0) is 19.2 Å². The summed E-state index contributed by atoms with van der Waals surface area (Å²) in [5.41, 5.74) is 0. The van der Waals surface area contributed by atoms with Gasteiger partial charge in [-0.2, -0.15) is 17.8 Å². The molecule has 1 rings (SSSR count). The molecule has 1 heterocycles. The van der Waals surface area contributed by atoms with Crippen LogP contribution in [0.5, 0.6) is 0 Å². The van der Waals surface area contributed by atoms with Gasteiger partial charge in [0.25, 0.3) is 10.1 Å². The third kappa shape index (κ3) is 3.84. The average Bonchev–Trinajstić information content (AvgIpc) is 2.14. The van der Waals surface area contributed by atoms with Crippen molar-refractivity contribution in [3.8, 4) is 0 Å². The first kappa shape index (κ1) is 13.7. The second-order valence-electron chi connectivity index (χ2n) is 3.50. The van der Waals surface area contributed by atoms with Crippen molar-refractivity contribution < 1.29 is 32.5 Å². The molecule has 0 aromatic heterocycles. The minimum atomic E-state index is -3.74. The lowest BCUT2D eigenvalue weighted by atomic mass is 10.2. The lowest BCUT2D eigenvalue weighted by molar-refractivity contribution is -0.154. The van der Waals surface area contributed by atoms with Gasteiger partial charge in [-0.3, -0.25) is 4.90 Å². The van der Waals surface area contributed by atoms with Gasteiger partial charge in [-0.15, -0.1) is 0 Å². The Labute approximate surface area is 97.3 Å². The van der Waals surface area contributed by atoms with Crippen LogP contribution < -0.4 is 0 Å². The Morgan fingerprint density at radius 2 is 1.88 bits per heavy atom. The smallest absolute Gasteiger partial charge is 0.408 e. The molecule has 1 fully saturated rings. The molecular weight excluding hydrogens is 256 g/mol. The molecule has 1 saturated heterocycles. The molecule has 1 unspecified atom stereocenters. The number of carboxylic acid groups (broad SMARTS) is 2. The van der Waals surface area contributed by atoms with Crippen LogP contribution in [-0.4, -0.2) is 72.6 Å². The van der Waals surface area contributed by atoms with Crippen molar-refractivity contribution in [3.63, 3.8) is 0 Å². The highest BCUT2D eigenvalue weighted by atomic mass is 32.2. The van der Waals surface area contributed by atoms with Crippen molar-refractivity contribution in [1.82, 2.24) is 9.96 Å². The second-order valence-corrected chi connectivity index (χ2v) is 5.05. The van der Waals surface area contributed by atoms with Gasteiger partial charge in [-0.25, -0.2) is 9.59 Å². The zero-order valence-electron chi connectivity index (χ0n) is 8.94. The van der Waals surface area contributed by atoms with E-state index < -0.39 is 28.2 Å². The van der Waals surface area contributed by atoms with Crippen LogP contribution in [0.15, 0.2) is 0 Å². The maximum Gasteiger partial charge on any atom is 0.408 e. The Kier molecular flexibility index (Phi) is 3.91. The van der Waals surface area contributed by atoms with E-state index in [1.807, 2.05) is 0 Å². The first-order chi connectivity index (χ1) is 7.70. The van der Waals surface area contributed by atoms with Crippen molar-refractivity contribution in [2.24, 2.45) is 0 Å². The molecule has 9 nitrogen and oxygen atoms in total. The highest BCUT2D eigenvalue weighted by Crippen LogP contribution is 2.12. The predicted molar refractivity (Wildman–Crippen MR) is 53.7 cm³/mol. The molecule has 10 heteroatoms. The molecule has 98 valence electrons. The molecule has 0 saturated carbocycles. The van der Waals surface area contributed by atoms with E-state index in [0.717, 1.165) is 16.2 Å². The van der Waals surface area contributed by atoms with E-state index in [1.54, 1.807) is 0 Å². The lowest BCUT2D eigenvalue weighted by Crippen LogP contribution is -2.58. The van der Waals surface area contributed by atoms with Gasteiger partial charge in [0.2, 0.25) is 0 Å². The highest BCUT2D eigenvalue weighted by Gasteiger charge is 2.36. The molecule has 0 aromatic rings. The highest BCUT2D eigenvalue weighted by molar-refractivity contribution is 7.85. The van der Waals surface area contributed by atoms with E-state index >= 15 is 0 Å². The molecule has 0 aliphatic carbocycles. The number of amides is 1. The largest absolute Gasteiger partial charge is 0.480 e. The topological polar surface area (TPSA) is 124 Å². The fourth-order valence-electron chi connectivity index (χ4n) is 1.46. The van der Waals surface area contributed by atoms with Gasteiger partial charge in [0, 0.05) is 13.1 Å². The molecule has 1 amide bonds. The minimum Gasteiger partial charge on any atom is -0.480 e. The Balaban J connectivity index is 2.75. The van der Waals surface area contributed by atoms with Crippen LogP contribution in [0, 0.1) is 0 Å². The number of aliphatic carboxylic acids is 1. The molecule has 1 aliphatic rings. The molecule has 0 aromatic carbocycles. The van der Waals surface area contributed by atoms with E-state index in [9.17, 15) is 18.0 Å². The van der Waals surface area contributed by atoms with Crippen LogP contribution in [0.4, 0.5) is 4.79 Å². The fraction of sp³-hybridized carbons (Fsp3) is 0.714. The summed E-state index contributed by atoms with van der Waals surface area (Å²) in [6.07, 6.45) is -0.539. The Bertz CT molecular complexity index is 420. The molecule has 0 radical (unpaired) electrons. The van der Waals surface area contributed by atoms with Crippen molar-refractivity contribution in [2.75, 3.05) is 25.9 Å². The van der Waals surface area contributed by atoms with E-state index in [2.05, 4.69) is 4.28 Å². The summed E-state index contributed by atoms with van der Waals surface area (Å²) in [5, 5.41) is 18.5. The SMILES string of the molecule is CS(=O)(=O)ON1CCN(C(=O)O)C(C(=O)O)C1. The van der Waals surface area contributed by atoms with Crippen LogP contribution in [0.3, 0.4) is 0 Å². The molecular formula is C7H12N2O7S. The monoisotopic (exact) mass is 268 g/mol. The number of hydrogen-bond donors (Lipinski definition) is 2. The summed E-state index contributed by atoms with van der Waals surface area (Å²) in [6, 6.07) is -1.34. The normalized spacial score (nSPS) is 22.4. The number of rotatable bonds is 3. The second kappa shape index (κ2) is 4.85. The summed E-state index contributed by atoms with van der Waals surface area (Å²) in [6.45, 7) is -0.486. The van der Waals surface area contributed by atoms with Crippen LogP contribution in [0.25, 0.3) is 0 Å². The van der Waals surface area contributed by atoms with Crippen molar-refractivity contribution in [1.29, 1.82) is 0 Å². The van der Waals surface area contributed by atoms with Crippen LogP contribution in [0.1, 0.15) is 0 Å². The van der Waals surface area contributed by atoms with E-state index in [1.165, 1.54) is 0 Å². The maximum absolute atomic E-state index is 10.9. The number of hydroxylamine groups is 2. The number of piperazine rings is 1. The van der Waals surface area contributed by atoms with E-state index in [0.29, 0.717) is 0 Å². The summed E-state index contributed by atoms with van der Waals surface area (Å²) >= 11 is 0. The van der Waals surface area contributed by atoms with E-state index in [4.69, 9.17) is 10.2 Å². The molecule has 1 aliphatic heterocycles. The summed E-state index contributed by atoms with van der Waals surface area (Å²) < 4.78 is 26.2. The first-order valence-corrected chi connectivity index (χ1v) is 6.39. The molecule has 0 bridgehead atoms. The van der Waals surface area contributed by atoms with Gasteiger partial charge in [0.1, 0.15) is 6.04 Å². The first-order valence-electron chi connectivity index (χ1n) is 4.57. The molecule has 17 heavy (non-hydrogen) atoms. The lowest BCUT2D eigenvalue weighted by Gasteiger charge is -2.35. The van der Waals surface area contributed by atoms with Crippen LogP contribution in [0.2, 0.25) is 0 Å². The van der Waals surface area contributed by atoms with Gasteiger partial charge < -0.3 is 10.2 Å². The minimum absolute atomic E-state index is 0.0108. The Morgan fingerprint density at radius 1 is 1.29 bits per heavy atom. The molecule has 2 N–H and O–H groups in total. The third-order valence-electron chi connectivity index (χ3n) is 2.11. The summed E-state index contributed by atoms with van der Waals surface area (Å²) in [7, 11) is -3.74. The van der Waals surface area contributed by atoms with Gasteiger partial charge in [-0.05, 0) is 0 Å². The number of carboxylic acids is 1. The summed E-state index contributed by atoms with van der Waals surface area (Å²) in [5.74, 6) is -1.35. The van der Waals surface area contributed by atoms with Crippen molar-refractivity contribution in [3.05, 3.63) is 0 Å². The van der Waals surface area contributed by atoms with Gasteiger partial charge in [0.15, 0.2) is 0 Å². The predicted octanol–water partition coefficient (Wildman–Crippen LogP) is -1.37. The summed E-state index contributed by atoms with van der Waals surface area (Å²) in [4.78, 5) is 22.3. The Morgan fingerprint density at radius 3 is 2.29 bits per heavy atom. The Hall–Kier alpha value is -1.39. The zero-order valence-corrected chi connectivity index (χ0v) is 9.75. The molecule has 1 atom stereocenters.